The Bertz CT molecular complexity index is 987. The molecule has 1 atom stereocenters. The van der Waals surface area contributed by atoms with Crippen molar-refractivity contribution in [2.75, 3.05) is 13.7 Å². The summed E-state index contributed by atoms with van der Waals surface area (Å²) in [6, 6.07) is 15.5. The first kappa shape index (κ1) is 20.6. The maximum Gasteiger partial charge on any atom is 0.330 e. The monoisotopic (exact) mass is 413 g/mol. The third-order valence-corrected chi connectivity index (χ3v) is 4.53. The van der Waals surface area contributed by atoms with Crippen LogP contribution in [-0.4, -0.2) is 46.5 Å². The maximum absolute atomic E-state index is 12.5. The summed E-state index contributed by atoms with van der Waals surface area (Å²) in [6.07, 6.45) is 1.74. The zero-order valence-electron chi connectivity index (χ0n) is 15.7. The van der Waals surface area contributed by atoms with Crippen LogP contribution in [0, 0.1) is 0 Å². The molecule has 0 aliphatic carbocycles. The second kappa shape index (κ2) is 9.36. The van der Waals surface area contributed by atoms with Crippen LogP contribution in [0.2, 0.25) is 5.02 Å². The van der Waals surface area contributed by atoms with Crippen LogP contribution in [0.1, 0.15) is 5.56 Å². The van der Waals surface area contributed by atoms with Crippen LogP contribution in [0.3, 0.4) is 0 Å². The zero-order valence-corrected chi connectivity index (χ0v) is 16.5. The molecule has 3 rings (SSSR count). The molecule has 0 aliphatic heterocycles. The maximum atomic E-state index is 12.5. The first-order valence-electron chi connectivity index (χ1n) is 8.89. The highest BCUT2D eigenvalue weighted by atomic mass is 35.5. The number of rotatable bonds is 7. The molecule has 0 radical (unpaired) electrons. The van der Waals surface area contributed by atoms with Gasteiger partial charge in [0, 0.05) is 22.3 Å². The molecule has 0 aliphatic rings. The lowest BCUT2D eigenvalue weighted by atomic mass is 10.1. The quantitative estimate of drug-likeness (QED) is 0.580. The molecule has 0 saturated heterocycles. The fourth-order valence-corrected chi connectivity index (χ4v) is 2.97. The standard InChI is InChI=1S/C21H20ClN3O4/c1-29-21(28)18(13-26)23-19(27)11-15-12-25(17-5-3-2-4-6-17)24-20(15)14-7-9-16(22)10-8-14/h2-10,12,18,26H,11,13H2,1H3,(H,23,27)/t18-/m1/s1. The Morgan fingerprint density at radius 1 is 1.17 bits per heavy atom. The zero-order chi connectivity index (χ0) is 20.8. The van der Waals surface area contributed by atoms with Crippen molar-refractivity contribution in [2.24, 2.45) is 0 Å². The lowest BCUT2D eigenvalue weighted by molar-refractivity contribution is -0.146. The predicted octanol–water partition coefficient (Wildman–Crippen LogP) is 2.39. The molecule has 1 heterocycles. The molecule has 0 fully saturated rings. The number of benzene rings is 2. The summed E-state index contributed by atoms with van der Waals surface area (Å²) in [4.78, 5) is 24.1. The topological polar surface area (TPSA) is 93.5 Å². The Kier molecular flexibility index (Phi) is 6.64. The Labute approximate surface area is 172 Å². The highest BCUT2D eigenvalue weighted by Crippen LogP contribution is 2.25. The molecule has 0 bridgehead atoms. The molecule has 150 valence electrons. The number of nitrogens with one attached hydrogen (secondary N) is 1. The number of para-hydroxylation sites is 1. The molecule has 7 nitrogen and oxygen atoms in total. The molecular formula is C21H20ClN3O4. The van der Waals surface area contributed by atoms with Crippen LogP contribution in [-0.2, 0) is 20.7 Å². The lowest BCUT2D eigenvalue weighted by Crippen LogP contribution is -2.44. The van der Waals surface area contributed by atoms with Crippen molar-refractivity contribution in [1.82, 2.24) is 15.1 Å². The van der Waals surface area contributed by atoms with E-state index in [0.717, 1.165) is 11.3 Å². The van der Waals surface area contributed by atoms with Crippen molar-refractivity contribution < 1.29 is 19.4 Å². The van der Waals surface area contributed by atoms with Gasteiger partial charge in [0.15, 0.2) is 6.04 Å². The van der Waals surface area contributed by atoms with Crippen LogP contribution in [0.15, 0.2) is 60.8 Å². The number of esters is 1. The first-order chi connectivity index (χ1) is 14.0. The van der Waals surface area contributed by atoms with Crippen LogP contribution in [0.25, 0.3) is 16.9 Å². The summed E-state index contributed by atoms with van der Waals surface area (Å²) >= 11 is 5.98. The van der Waals surface area contributed by atoms with E-state index in [1.807, 2.05) is 42.5 Å². The van der Waals surface area contributed by atoms with Crippen LogP contribution in [0.5, 0.6) is 0 Å². The number of amides is 1. The molecule has 1 aromatic heterocycles. The van der Waals surface area contributed by atoms with Crippen molar-refractivity contribution in [3.63, 3.8) is 0 Å². The molecule has 2 N–H and O–H groups in total. The number of nitrogens with zero attached hydrogens (tertiary/aromatic N) is 2. The normalized spacial score (nSPS) is 11.7. The minimum Gasteiger partial charge on any atom is -0.467 e. The van der Waals surface area contributed by atoms with Gasteiger partial charge in [-0.3, -0.25) is 4.79 Å². The van der Waals surface area contributed by atoms with Gasteiger partial charge in [0.25, 0.3) is 0 Å². The SMILES string of the molecule is COC(=O)[C@@H](CO)NC(=O)Cc1cn(-c2ccccc2)nc1-c1ccc(Cl)cc1. The Balaban J connectivity index is 1.91. The van der Waals surface area contributed by atoms with E-state index in [9.17, 15) is 14.7 Å². The predicted molar refractivity (Wildman–Crippen MR) is 109 cm³/mol. The van der Waals surface area contributed by atoms with E-state index >= 15 is 0 Å². The van der Waals surface area contributed by atoms with Crippen LogP contribution in [0.4, 0.5) is 0 Å². The third kappa shape index (κ3) is 5.01. The molecule has 8 heteroatoms. The summed E-state index contributed by atoms with van der Waals surface area (Å²) in [5.74, 6) is -1.14. The summed E-state index contributed by atoms with van der Waals surface area (Å²) < 4.78 is 6.27. The van der Waals surface area contributed by atoms with Gasteiger partial charge in [-0.2, -0.15) is 5.10 Å². The van der Waals surface area contributed by atoms with Gasteiger partial charge in [0.1, 0.15) is 0 Å². The number of carbonyl (C=O) groups is 2. The fraction of sp³-hybridized carbons (Fsp3) is 0.190. The molecule has 2 aromatic carbocycles. The Morgan fingerprint density at radius 2 is 1.86 bits per heavy atom. The number of aliphatic hydroxyl groups is 1. The van der Waals surface area contributed by atoms with Gasteiger partial charge in [-0.15, -0.1) is 0 Å². The molecule has 29 heavy (non-hydrogen) atoms. The number of aliphatic hydroxyl groups excluding tert-OH is 1. The highest BCUT2D eigenvalue weighted by molar-refractivity contribution is 6.30. The second-order valence-electron chi connectivity index (χ2n) is 6.29. The van der Waals surface area contributed by atoms with Gasteiger partial charge in [-0.25, -0.2) is 9.48 Å². The minimum absolute atomic E-state index is 0.0295. The fourth-order valence-electron chi connectivity index (χ4n) is 2.84. The van der Waals surface area contributed by atoms with E-state index < -0.39 is 24.5 Å². The molecule has 3 aromatic rings. The number of ether oxygens (including phenoxy) is 1. The summed E-state index contributed by atoms with van der Waals surface area (Å²) in [5, 5.41) is 17.0. The minimum atomic E-state index is -1.12. The van der Waals surface area contributed by atoms with Crippen molar-refractivity contribution in [3.05, 3.63) is 71.4 Å². The number of methoxy groups -OCH3 is 1. The molecular weight excluding hydrogens is 394 g/mol. The highest BCUT2D eigenvalue weighted by Gasteiger charge is 2.22. The van der Waals surface area contributed by atoms with E-state index in [0.29, 0.717) is 16.3 Å². The number of hydrogen-bond acceptors (Lipinski definition) is 5. The number of hydrogen-bond donors (Lipinski definition) is 2. The largest absolute Gasteiger partial charge is 0.467 e. The van der Waals surface area contributed by atoms with Gasteiger partial charge in [-0.05, 0) is 24.3 Å². The van der Waals surface area contributed by atoms with Gasteiger partial charge in [0.2, 0.25) is 5.91 Å². The Hall–Kier alpha value is -3.16. The first-order valence-corrected chi connectivity index (χ1v) is 9.27. The number of aromatic nitrogens is 2. The second-order valence-corrected chi connectivity index (χ2v) is 6.73. The smallest absolute Gasteiger partial charge is 0.330 e. The van der Waals surface area contributed by atoms with E-state index in [1.54, 1.807) is 23.0 Å². The van der Waals surface area contributed by atoms with Gasteiger partial charge in [-0.1, -0.05) is 41.9 Å². The van der Waals surface area contributed by atoms with E-state index in [-0.39, 0.29) is 6.42 Å². The van der Waals surface area contributed by atoms with Crippen LogP contribution < -0.4 is 5.32 Å². The summed E-state index contributed by atoms with van der Waals surface area (Å²) in [7, 11) is 1.19. The average molecular weight is 414 g/mol. The van der Waals surface area contributed by atoms with Crippen molar-refractivity contribution >= 4 is 23.5 Å². The van der Waals surface area contributed by atoms with Crippen molar-refractivity contribution in [3.8, 4) is 16.9 Å². The number of halogens is 1. The van der Waals surface area contributed by atoms with Crippen molar-refractivity contribution in [2.45, 2.75) is 12.5 Å². The molecule has 1 amide bonds. The van der Waals surface area contributed by atoms with E-state index in [1.165, 1.54) is 7.11 Å². The lowest BCUT2D eigenvalue weighted by Gasteiger charge is -2.13. The third-order valence-electron chi connectivity index (χ3n) is 4.28. The van der Waals surface area contributed by atoms with Gasteiger partial charge < -0.3 is 15.2 Å². The summed E-state index contributed by atoms with van der Waals surface area (Å²) in [5.41, 5.74) is 2.94. The summed E-state index contributed by atoms with van der Waals surface area (Å²) in [6.45, 7) is -0.550. The van der Waals surface area contributed by atoms with Crippen LogP contribution >= 0.6 is 11.6 Å². The number of carbonyl (C=O) groups excluding carboxylic acids is 2. The molecule has 0 spiro atoms. The Morgan fingerprint density at radius 3 is 2.48 bits per heavy atom. The average Bonchev–Trinajstić information content (AvgIpc) is 3.16. The van der Waals surface area contributed by atoms with E-state index in [4.69, 9.17) is 11.6 Å². The van der Waals surface area contributed by atoms with Gasteiger partial charge >= 0.3 is 5.97 Å². The van der Waals surface area contributed by atoms with Crippen molar-refractivity contribution in [1.29, 1.82) is 0 Å². The molecule has 0 saturated carbocycles. The van der Waals surface area contributed by atoms with E-state index in [2.05, 4.69) is 15.2 Å². The molecule has 0 unspecified atom stereocenters. The van der Waals surface area contributed by atoms with Gasteiger partial charge in [0.05, 0.1) is 31.5 Å².